The lowest BCUT2D eigenvalue weighted by atomic mass is 10.2. The number of alkyl halides is 3. The maximum absolute atomic E-state index is 12.0. The van der Waals surface area contributed by atoms with Crippen LogP contribution in [0.4, 0.5) is 18.9 Å². The molecule has 0 amide bonds. The van der Waals surface area contributed by atoms with E-state index in [1.807, 2.05) is 0 Å². The lowest BCUT2D eigenvalue weighted by Gasteiger charge is -2.12. The lowest BCUT2D eigenvalue weighted by Crippen LogP contribution is -2.19. The van der Waals surface area contributed by atoms with Crippen LogP contribution in [0.3, 0.4) is 0 Å². The van der Waals surface area contributed by atoms with Crippen molar-refractivity contribution in [2.75, 3.05) is 5.73 Å². The first-order valence-corrected chi connectivity index (χ1v) is 6.26. The van der Waals surface area contributed by atoms with Crippen molar-refractivity contribution in [3.8, 4) is 11.8 Å². The van der Waals surface area contributed by atoms with Crippen molar-refractivity contribution < 1.29 is 26.3 Å². The first-order chi connectivity index (χ1) is 8.06. The Morgan fingerprint density at radius 2 is 2.06 bits per heavy atom. The van der Waals surface area contributed by atoms with E-state index >= 15 is 0 Å². The number of nitriles is 1. The molecule has 0 atom stereocenters. The van der Waals surface area contributed by atoms with Gasteiger partial charge in [-0.25, -0.2) is 13.4 Å². The van der Waals surface area contributed by atoms with Gasteiger partial charge in [-0.05, 0) is 0 Å². The number of ether oxygens (including phenoxy) is 1. The fourth-order valence-electron chi connectivity index (χ4n) is 0.989. The van der Waals surface area contributed by atoms with Crippen LogP contribution in [-0.2, 0) is 9.05 Å². The van der Waals surface area contributed by atoms with Crippen LogP contribution in [-0.4, -0.2) is 19.8 Å². The van der Waals surface area contributed by atoms with Crippen molar-refractivity contribution in [1.82, 2.24) is 4.98 Å². The smallest absolute Gasteiger partial charge is 0.402 e. The second-order valence-corrected chi connectivity index (χ2v) is 5.29. The number of nitrogens with zero attached hydrogens (tertiary/aromatic N) is 2. The van der Waals surface area contributed by atoms with Crippen molar-refractivity contribution in [1.29, 1.82) is 5.26 Å². The molecular weight excluding hydrogens is 299 g/mol. The van der Waals surface area contributed by atoms with Crippen LogP contribution in [0.1, 0.15) is 5.56 Å². The summed E-state index contributed by atoms with van der Waals surface area (Å²) in [6, 6.07) is 1.30. The number of halogens is 4. The van der Waals surface area contributed by atoms with E-state index < -0.39 is 37.4 Å². The molecule has 0 radical (unpaired) electrons. The third-order valence-electron chi connectivity index (χ3n) is 1.62. The van der Waals surface area contributed by atoms with E-state index in [0.29, 0.717) is 6.20 Å². The molecule has 0 aliphatic rings. The van der Waals surface area contributed by atoms with Crippen molar-refractivity contribution in [3.05, 3.63) is 11.8 Å². The summed E-state index contributed by atoms with van der Waals surface area (Å²) in [4.78, 5) is 3.12. The maximum Gasteiger partial charge on any atom is 0.573 e. The van der Waals surface area contributed by atoms with Crippen molar-refractivity contribution in [3.63, 3.8) is 0 Å². The molecule has 1 heterocycles. The van der Waals surface area contributed by atoms with Gasteiger partial charge in [0.25, 0.3) is 9.05 Å². The molecule has 0 aromatic carbocycles. The molecule has 0 saturated heterocycles. The highest BCUT2D eigenvalue weighted by Crippen LogP contribution is 2.33. The minimum atomic E-state index is -5.05. The summed E-state index contributed by atoms with van der Waals surface area (Å²) < 4.78 is 61.3. The Morgan fingerprint density at radius 1 is 1.50 bits per heavy atom. The molecule has 1 aromatic rings. The van der Waals surface area contributed by atoms with Gasteiger partial charge in [0.2, 0.25) is 0 Å². The van der Waals surface area contributed by atoms with Crippen LogP contribution in [0, 0.1) is 11.3 Å². The van der Waals surface area contributed by atoms with E-state index in [4.69, 9.17) is 21.7 Å². The monoisotopic (exact) mass is 301 g/mol. The Morgan fingerprint density at radius 3 is 2.44 bits per heavy atom. The molecule has 0 aliphatic carbocycles. The van der Waals surface area contributed by atoms with Crippen LogP contribution >= 0.6 is 10.7 Å². The number of aromatic nitrogens is 1. The summed E-state index contributed by atoms with van der Waals surface area (Å²) in [5.74, 6) is -0.983. The van der Waals surface area contributed by atoms with E-state index in [-0.39, 0.29) is 0 Å². The molecule has 6 nitrogen and oxygen atoms in total. The molecule has 0 unspecified atom stereocenters. The first-order valence-electron chi connectivity index (χ1n) is 3.95. The average Bonchev–Trinajstić information content (AvgIpc) is 2.17. The molecule has 0 aliphatic heterocycles. The highest BCUT2D eigenvalue weighted by molar-refractivity contribution is 8.13. The SMILES string of the molecule is N#Cc1c(S(=O)(=O)Cl)ncc(OC(F)(F)F)c1N. The zero-order chi connectivity index (χ0) is 14.1. The zero-order valence-corrected chi connectivity index (χ0v) is 9.77. The van der Waals surface area contributed by atoms with Gasteiger partial charge in [0, 0.05) is 10.7 Å². The lowest BCUT2D eigenvalue weighted by molar-refractivity contribution is -0.274. The highest BCUT2D eigenvalue weighted by Gasteiger charge is 2.33. The van der Waals surface area contributed by atoms with Gasteiger partial charge < -0.3 is 10.5 Å². The predicted octanol–water partition coefficient (Wildman–Crippen LogP) is 1.36. The van der Waals surface area contributed by atoms with E-state index in [9.17, 15) is 21.6 Å². The Bertz CT molecular complexity index is 623. The summed E-state index contributed by atoms with van der Waals surface area (Å²) >= 11 is 0. The molecule has 0 saturated carbocycles. The number of rotatable bonds is 2. The fourth-order valence-corrected chi connectivity index (χ4v) is 1.92. The van der Waals surface area contributed by atoms with Gasteiger partial charge in [0.15, 0.2) is 10.8 Å². The molecular formula is C7H3ClF3N3O3S. The van der Waals surface area contributed by atoms with Crippen LogP contribution < -0.4 is 10.5 Å². The standard InChI is InChI=1S/C7H3ClF3N3O3S/c8-18(15,16)6-3(1-12)5(13)4(2-14-6)17-7(9,10)11/h2H,(H2,13,14). The summed E-state index contributed by atoms with van der Waals surface area (Å²) in [6.45, 7) is 0. The summed E-state index contributed by atoms with van der Waals surface area (Å²) in [7, 11) is 0.533. The molecule has 2 N–H and O–H groups in total. The summed E-state index contributed by atoms with van der Waals surface area (Å²) in [6.07, 6.45) is -4.64. The average molecular weight is 302 g/mol. The van der Waals surface area contributed by atoms with Crippen molar-refractivity contribution in [2.24, 2.45) is 0 Å². The van der Waals surface area contributed by atoms with Crippen LogP contribution in [0.5, 0.6) is 5.75 Å². The number of hydrogen-bond acceptors (Lipinski definition) is 6. The van der Waals surface area contributed by atoms with Gasteiger partial charge in [-0.3, -0.25) is 0 Å². The second kappa shape index (κ2) is 4.51. The van der Waals surface area contributed by atoms with Gasteiger partial charge in [-0.2, -0.15) is 5.26 Å². The summed E-state index contributed by atoms with van der Waals surface area (Å²) in [5.41, 5.74) is 3.56. The van der Waals surface area contributed by atoms with Crippen molar-refractivity contribution >= 4 is 25.4 Å². The fraction of sp³-hybridized carbons (Fsp3) is 0.143. The number of hydrogen-bond donors (Lipinski definition) is 1. The highest BCUT2D eigenvalue weighted by atomic mass is 35.7. The summed E-state index contributed by atoms with van der Waals surface area (Å²) in [5, 5.41) is 7.72. The zero-order valence-electron chi connectivity index (χ0n) is 8.19. The second-order valence-electron chi connectivity index (χ2n) is 2.81. The molecule has 0 spiro atoms. The third-order valence-corrected chi connectivity index (χ3v) is 2.83. The Balaban J connectivity index is 3.45. The van der Waals surface area contributed by atoms with Gasteiger partial charge in [-0.1, -0.05) is 0 Å². The molecule has 0 bridgehead atoms. The van der Waals surface area contributed by atoms with Crippen molar-refractivity contribution in [2.45, 2.75) is 11.4 Å². The van der Waals surface area contributed by atoms with Gasteiger partial charge in [-0.15, -0.1) is 13.2 Å². The number of nitrogen functional groups attached to an aromatic ring is 1. The van der Waals surface area contributed by atoms with E-state index in [0.717, 1.165) is 0 Å². The first kappa shape index (κ1) is 14.3. The van der Waals surface area contributed by atoms with Gasteiger partial charge >= 0.3 is 6.36 Å². The number of pyridine rings is 1. The maximum atomic E-state index is 12.0. The normalized spacial score (nSPS) is 11.9. The predicted molar refractivity (Wildman–Crippen MR) is 53.1 cm³/mol. The Kier molecular flexibility index (Phi) is 3.59. The third kappa shape index (κ3) is 3.14. The molecule has 11 heteroatoms. The topological polar surface area (TPSA) is 106 Å². The largest absolute Gasteiger partial charge is 0.573 e. The van der Waals surface area contributed by atoms with E-state index in [2.05, 4.69) is 9.72 Å². The van der Waals surface area contributed by atoms with Crippen LogP contribution in [0.2, 0.25) is 0 Å². The quantitative estimate of drug-likeness (QED) is 0.827. The minimum absolute atomic E-state index is 0.416. The molecule has 98 valence electrons. The van der Waals surface area contributed by atoms with Gasteiger partial charge in [0.1, 0.15) is 11.6 Å². The van der Waals surface area contributed by atoms with E-state index in [1.165, 1.54) is 6.07 Å². The Labute approximate surface area is 103 Å². The molecule has 1 rings (SSSR count). The van der Waals surface area contributed by atoms with Crippen LogP contribution in [0.15, 0.2) is 11.2 Å². The molecule has 0 fully saturated rings. The Hall–Kier alpha value is -1.73. The molecule has 18 heavy (non-hydrogen) atoms. The number of nitrogens with two attached hydrogens (primary N) is 1. The van der Waals surface area contributed by atoms with Crippen LogP contribution in [0.25, 0.3) is 0 Å². The minimum Gasteiger partial charge on any atom is -0.402 e. The molecule has 1 aromatic heterocycles. The van der Waals surface area contributed by atoms with E-state index in [1.54, 1.807) is 0 Å². The van der Waals surface area contributed by atoms with Gasteiger partial charge in [0.05, 0.1) is 11.9 Å². The number of anilines is 1.